The number of phenols is 1. The summed E-state index contributed by atoms with van der Waals surface area (Å²) in [6.45, 7) is 2.50. The number of methoxy groups -OCH3 is 2. The van der Waals surface area contributed by atoms with Gasteiger partial charge in [0, 0.05) is 30.9 Å². The van der Waals surface area contributed by atoms with Gasteiger partial charge in [0.25, 0.3) is 0 Å². The molecule has 7 nitrogen and oxygen atoms in total. The molecule has 7 heteroatoms. The molecule has 0 fully saturated rings. The van der Waals surface area contributed by atoms with Crippen LogP contribution in [0.3, 0.4) is 0 Å². The topological polar surface area (TPSA) is 69.0 Å². The molecule has 34 heavy (non-hydrogen) atoms. The zero-order valence-corrected chi connectivity index (χ0v) is 20.1. The number of aromatic hydroxyl groups is 1. The third-order valence-corrected chi connectivity index (χ3v) is 5.65. The molecule has 1 aromatic heterocycles. The number of nitrogens with zero attached hydrogens (tertiary/aromatic N) is 3. The van der Waals surface area contributed by atoms with Crippen LogP contribution in [0.1, 0.15) is 6.92 Å². The van der Waals surface area contributed by atoms with E-state index in [9.17, 15) is 5.11 Å². The van der Waals surface area contributed by atoms with Gasteiger partial charge >= 0.3 is 0 Å². The second-order valence-corrected chi connectivity index (χ2v) is 7.93. The fraction of sp³-hybridized carbons (Fsp3) is 0.222. The summed E-state index contributed by atoms with van der Waals surface area (Å²) in [5.41, 5.74) is 5.72. The van der Waals surface area contributed by atoms with E-state index < -0.39 is 0 Å². The maximum Gasteiger partial charge on any atom is 0.200 e. The lowest BCUT2D eigenvalue weighted by Gasteiger charge is -2.18. The van der Waals surface area contributed by atoms with E-state index >= 15 is 0 Å². The van der Waals surface area contributed by atoms with Crippen LogP contribution < -0.4 is 19.1 Å². The summed E-state index contributed by atoms with van der Waals surface area (Å²) in [5, 5.41) is 10.4. The summed E-state index contributed by atoms with van der Waals surface area (Å²) in [6, 6.07) is 17.8. The lowest BCUT2D eigenvalue weighted by molar-refractivity contribution is 0.339. The molecular formula is C27H29N3O4. The molecule has 0 aliphatic carbocycles. The van der Waals surface area contributed by atoms with Crippen LogP contribution in [-0.4, -0.2) is 49.6 Å². The Morgan fingerprint density at radius 1 is 0.912 bits per heavy atom. The Hall–Kier alpha value is -4.13. The first kappa shape index (κ1) is 23.0. The minimum Gasteiger partial charge on any atom is -0.502 e. The van der Waals surface area contributed by atoms with E-state index in [1.165, 1.54) is 14.2 Å². The Labute approximate surface area is 199 Å². The first-order valence-corrected chi connectivity index (χ1v) is 11.0. The molecule has 0 aliphatic rings. The minimum absolute atomic E-state index is 0.0411. The first-order valence-electron chi connectivity index (χ1n) is 11.0. The number of rotatable bonds is 8. The van der Waals surface area contributed by atoms with Crippen molar-refractivity contribution in [2.45, 2.75) is 6.92 Å². The van der Waals surface area contributed by atoms with Gasteiger partial charge in [0.2, 0.25) is 5.75 Å². The minimum atomic E-state index is -0.0411. The Balaban J connectivity index is 1.89. The predicted molar refractivity (Wildman–Crippen MR) is 135 cm³/mol. The number of benzene rings is 3. The number of phenolic OH excluding ortho intramolecular Hbond substituents is 1. The summed E-state index contributed by atoms with van der Waals surface area (Å²) in [5.74, 6) is 1.35. The van der Waals surface area contributed by atoms with E-state index in [1.54, 1.807) is 18.5 Å². The normalized spacial score (nSPS) is 10.7. The average molecular weight is 460 g/mol. The SMILES string of the molecule is CCOc1ccc(-n2cncc2-c2ccc(N(C)C)cc2)c(-c2cc(OC)c(O)c(OC)c2)c1. The highest BCUT2D eigenvalue weighted by molar-refractivity contribution is 5.80. The van der Waals surface area contributed by atoms with Crippen LogP contribution in [0.2, 0.25) is 0 Å². The van der Waals surface area contributed by atoms with Crippen molar-refractivity contribution in [1.29, 1.82) is 0 Å². The van der Waals surface area contributed by atoms with Gasteiger partial charge in [0.1, 0.15) is 5.75 Å². The lowest BCUT2D eigenvalue weighted by atomic mass is 10.0. The van der Waals surface area contributed by atoms with E-state index in [4.69, 9.17) is 14.2 Å². The predicted octanol–water partition coefficient (Wildman–Crippen LogP) is 5.39. The number of imidazole rings is 1. The second kappa shape index (κ2) is 9.79. The highest BCUT2D eigenvalue weighted by Gasteiger charge is 2.18. The quantitative estimate of drug-likeness (QED) is 0.381. The molecule has 3 aromatic carbocycles. The van der Waals surface area contributed by atoms with Crippen molar-refractivity contribution in [2.75, 3.05) is 39.8 Å². The van der Waals surface area contributed by atoms with E-state index in [1.807, 2.05) is 50.0 Å². The van der Waals surface area contributed by atoms with Gasteiger partial charge in [-0.3, -0.25) is 4.57 Å². The van der Waals surface area contributed by atoms with Gasteiger partial charge in [0.05, 0.1) is 44.7 Å². The highest BCUT2D eigenvalue weighted by atomic mass is 16.5. The van der Waals surface area contributed by atoms with Gasteiger partial charge in [-0.1, -0.05) is 12.1 Å². The lowest BCUT2D eigenvalue weighted by Crippen LogP contribution is -2.08. The van der Waals surface area contributed by atoms with E-state index in [0.29, 0.717) is 18.1 Å². The number of hydrogen-bond donors (Lipinski definition) is 1. The summed E-state index contributed by atoms with van der Waals surface area (Å²) in [6.07, 6.45) is 3.64. The van der Waals surface area contributed by atoms with Crippen LogP contribution in [0.4, 0.5) is 5.69 Å². The molecule has 0 spiro atoms. The molecule has 1 heterocycles. The van der Waals surface area contributed by atoms with Crippen molar-refractivity contribution < 1.29 is 19.3 Å². The standard InChI is InChI=1S/C27H29N3O4/c1-6-34-21-11-12-23(22(15-21)19-13-25(32-4)27(31)26(14-19)33-5)30-17-28-16-24(30)18-7-9-20(10-8-18)29(2)3/h7-17,31H,6H2,1-5H3. The maximum absolute atomic E-state index is 10.4. The smallest absolute Gasteiger partial charge is 0.200 e. The molecular weight excluding hydrogens is 430 g/mol. The highest BCUT2D eigenvalue weighted by Crippen LogP contribution is 2.43. The van der Waals surface area contributed by atoms with Gasteiger partial charge in [-0.25, -0.2) is 4.98 Å². The molecule has 0 radical (unpaired) electrons. The van der Waals surface area contributed by atoms with Crippen molar-refractivity contribution in [3.63, 3.8) is 0 Å². The van der Waals surface area contributed by atoms with Gasteiger partial charge in [-0.05, 0) is 55.0 Å². The summed E-state index contributed by atoms with van der Waals surface area (Å²) in [7, 11) is 7.07. The summed E-state index contributed by atoms with van der Waals surface area (Å²) < 4.78 is 18.6. The van der Waals surface area contributed by atoms with E-state index in [-0.39, 0.29) is 5.75 Å². The Bertz CT molecular complexity index is 1250. The second-order valence-electron chi connectivity index (χ2n) is 7.93. The van der Waals surface area contributed by atoms with Crippen molar-refractivity contribution in [1.82, 2.24) is 9.55 Å². The van der Waals surface area contributed by atoms with Crippen molar-refractivity contribution >= 4 is 5.69 Å². The monoisotopic (exact) mass is 459 g/mol. The third-order valence-electron chi connectivity index (χ3n) is 5.65. The van der Waals surface area contributed by atoms with Crippen LogP contribution in [-0.2, 0) is 0 Å². The molecule has 176 valence electrons. The fourth-order valence-electron chi connectivity index (χ4n) is 3.89. The first-order chi connectivity index (χ1) is 16.5. The average Bonchev–Trinajstić information content (AvgIpc) is 3.34. The van der Waals surface area contributed by atoms with Gasteiger partial charge in [0.15, 0.2) is 11.5 Å². The molecule has 0 aliphatic heterocycles. The van der Waals surface area contributed by atoms with E-state index in [2.05, 4.69) is 34.1 Å². The summed E-state index contributed by atoms with van der Waals surface area (Å²) >= 11 is 0. The number of anilines is 1. The molecule has 0 saturated heterocycles. The molecule has 4 aromatic rings. The zero-order valence-electron chi connectivity index (χ0n) is 20.1. The van der Waals surface area contributed by atoms with Gasteiger partial charge in [-0.2, -0.15) is 0 Å². The molecule has 1 N–H and O–H groups in total. The molecule has 0 saturated carbocycles. The van der Waals surface area contributed by atoms with Gasteiger partial charge in [-0.15, -0.1) is 0 Å². The van der Waals surface area contributed by atoms with E-state index in [0.717, 1.165) is 39.5 Å². The maximum atomic E-state index is 10.4. The molecule has 4 rings (SSSR count). The third kappa shape index (κ3) is 4.37. The Morgan fingerprint density at radius 3 is 2.18 bits per heavy atom. The van der Waals surface area contributed by atoms with Crippen LogP contribution in [0.5, 0.6) is 23.0 Å². The van der Waals surface area contributed by atoms with Crippen LogP contribution in [0, 0.1) is 0 Å². The summed E-state index contributed by atoms with van der Waals surface area (Å²) in [4.78, 5) is 6.51. The van der Waals surface area contributed by atoms with Crippen molar-refractivity contribution in [3.05, 3.63) is 67.1 Å². The molecule has 0 bridgehead atoms. The molecule has 0 atom stereocenters. The number of aromatic nitrogens is 2. The van der Waals surface area contributed by atoms with Crippen LogP contribution in [0.25, 0.3) is 28.1 Å². The largest absolute Gasteiger partial charge is 0.502 e. The Kier molecular flexibility index (Phi) is 6.63. The van der Waals surface area contributed by atoms with Crippen molar-refractivity contribution in [2.24, 2.45) is 0 Å². The van der Waals surface area contributed by atoms with Crippen molar-refractivity contribution in [3.8, 4) is 51.1 Å². The number of hydrogen-bond acceptors (Lipinski definition) is 6. The number of ether oxygens (including phenoxy) is 3. The Morgan fingerprint density at radius 2 is 1.59 bits per heavy atom. The van der Waals surface area contributed by atoms with Crippen LogP contribution in [0.15, 0.2) is 67.1 Å². The van der Waals surface area contributed by atoms with Crippen LogP contribution >= 0.6 is 0 Å². The molecule has 0 unspecified atom stereocenters. The van der Waals surface area contributed by atoms with Gasteiger partial charge < -0.3 is 24.2 Å². The molecule has 0 amide bonds. The zero-order chi connectivity index (χ0) is 24.2. The fourth-order valence-corrected chi connectivity index (χ4v) is 3.89.